The van der Waals surface area contributed by atoms with Crippen molar-refractivity contribution in [1.82, 2.24) is 15.6 Å². The highest BCUT2D eigenvalue weighted by atomic mass is 16.7. The fourth-order valence-electron chi connectivity index (χ4n) is 12.7. The number of phenolic OH excluding ortho intramolecular Hbond substituents is 3. The number of ether oxygens (including phenoxy) is 4. The Bertz CT molecular complexity index is 3320. The Morgan fingerprint density at radius 3 is 2.47 bits per heavy atom. The van der Waals surface area contributed by atoms with Crippen LogP contribution in [0.1, 0.15) is 73.1 Å². The topological polar surface area (TPSA) is 332 Å². The Kier molecular flexibility index (Phi) is 13.5. The highest BCUT2D eigenvalue weighted by Crippen LogP contribution is 2.58. The molecule has 11 rings (SSSR count). The van der Waals surface area contributed by atoms with Crippen LogP contribution in [0.3, 0.4) is 0 Å². The number of aryl methyl sites for hydroxylation is 1. The summed E-state index contributed by atoms with van der Waals surface area (Å²) < 4.78 is 32.4. The van der Waals surface area contributed by atoms with Gasteiger partial charge in [-0.05, 0) is 123 Å². The first-order valence-corrected chi connectivity index (χ1v) is 26.0. The zero-order valence-electron chi connectivity index (χ0n) is 42.0. The first-order valence-electron chi connectivity index (χ1n) is 26.0. The molecule has 2 bridgehead atoms. The van der Waals surface area contributed by atoms with Crippen molar-refractivity contribution in [2.45, 2.75) is 112 Å². The van der Waals surface area contributed by atoms with Crippen LogP contribution in [0.2, 0.25) is 0 Å². The third kappa shape index (κ3) is 8.91. The average Bonchev–Trinajstić information content (AvgIpc) is 4.32. The van der Waals surface area contributed by atoms with Crippen molar-refractivity contribution in [3.63, 3.8) is 0 Å². The number of carboxylic acids is 1. The number of nitrogens with one attached hydrogen (secondary N) is 3. The van der Waals surface area contributed by atoms with E-state index in [9.17, 15) is 55.5 Å². The smallest absolute Gasteiger partial charge is 0.336 e. The van der Waals surface area contributed by atoms with E-state index in [2.05, 4.69) is 15.6 Å². The van der Waals surface area contributed by atoms with Crippen LogP contribution in [-0.2, 0) is 34.4 Å². The van der Waals surface area contributed by atoms with E-state index in [0.717, 1.165) is 12.0 Å². The van der Waals surface area contributed by atoms with E-state index in [4.69, 9.17) is 29.1 Å². The van der Waals surface area contributed by atoms with Gasteiger partial charge in [-0.2, -0.15) is 0 Å². The Morgan fingerprint density at radius 1 is 0.974 bits per heavy atom. The van der Waals surface area contributed by atoms with Crippen LogP contribution in [0.4, 0.5) is 5.82 Å². The molecule has 5 aliphatic rings. The molecule has 11 unspecified atom stereocenters. The van der Waals surface area contributed by atoms with Gasteiger partial charge in [-0.1, -0.05) is 30.7 Å². The summed E-state index contributed by atoms with van der Waals surface area (Å²) in [6, 6.07) is 21.1. The number of nitrogen functional groups attached to an aromatic ring is 1. The van der Waals surface area contributed by atoms with E-state index in [1.54, 1.807) is 42.5 Å². The van der Waals surface area contributed by atoms with Gasteiger partial charge in [0.15, 0.2) is 34.7 Å². The standard InChI is InChI=1S/C57H62N4O16/c1-2-28-20-36-35(39(64)21-28)10-4-7-32-8-5-17-56(32,36)77-50-43(23-42-46(49(50)67)40(65)22-41(74-42)30-11-13-34(14-12-30)73-44(26-62)48(66)37-15-16-45(58)61-37)75-54-55(71)24-31(18-29-6-3-9-33(63)19-29)47(38-25-59-27-60-38)57(72,53(55)70)51(76-54)52(68)69/h3,6,9,11-16,19-24,32,38,44,47-48,51,53-54,59-64,66-67,70-72H,2,4-5,7-8,10,17-18,25-27,58H2,1H3,(H,68,69). The number of aromatic hydroxyl groups is 3. The number of hydrogen-bond donors (Lipinski definition) is 13. The highest BCUT2D eigenvalue weighted by Gasteiger charge is 2.71. The molecular weight excluding hydrogens is 997 g/mol. The lowest BCUT2D eigenvalue weighted by molar-refractivity contribution is -0.344. The minimum absolute atomic E-state index is 0.00946. The third-order valence-electron chi connectivity index (χ3n) is 16.4. The summed E-state index contributed by atoms with van der Waals surface area (Å²) in [5, 5.41) is 111. The van der Waals surface area contributed by atoms with Crippen LogP contribution in [0, 0.1) is 11.8 Å². The summed E-state index contributed by atoms with van der Waals surface area (Å²) in [6.07, 6.45) is -3.45. The summed E-state index contributed by atoms with van der Waals surface area (Å²) in [4.78, 5) is 30.8. The van der Waals surface area contributed by atoms with Crippen molar-refractivity contribution in [3.05, 3.63) is 135 Å². The van der Waals surface area contributed by atoms with Gasteiger partial charge in [0, 0.05) is 65.6 Å². The van der Waals surface area contributed by atoms with Gasteiger partial charge in [0.25, 0.3) is 0 Å². The number of carboxylic acid groups (broad SMARTS) is 1. The Labute approximate surface area is 440 Å². The van der Waals surface area contributed by atoms with E-state index in [1.807, 2.05) is 13.0 Å². The van der Waals surface area contributed by atoms with E-state index in [1.165, 1.54) is 42.5 Å². The van der Waals surface area contributed by atoms with Gasteiger partial charge in [0.1, 0.15) is 63.2 Å². The predicted octanol–water partition coefficient (Wildman–Crippen LogP) is 4.26. The molecule has 1 saturated carbocycles. The summed E-state index contributed by atoms with van der Waals surface area (Å²) in [5.74, 6) is -3.93. The minimum Gasteiger partial charge on any atom is -0.508 e. The number of carbonyl (C=O) groups is 1. The summed E-state index contributed by atoms with van der Waals surface area (Å²) >= 11 is 0. The van der Waals surface area contributed by atoms with Crippen LogP contribution in [0.15, 0.2) is 106 Å². The molecule has 77 heavy (non-hydrogen) atoms. The van der Waals surface area contributed by atoms with E-state index in [-0.39, 0.29) is 52.9 Å². The molecular formula is C57H62N4O16. The molecule has 3 fully saturated rings. The van der Waals surface area contributed by atoms with Gasteiger partial charge < -0.3 is 85.4 Å². The largest absolute Gasteiger partial charge is 0.508 e. The second-order valence-corrected chi connectivity index (χ2v) is 21.0. The predicted molar refractivity (Wildman–Crippen MR) is 277 cm³/mol. The number of aliphatic hydroxyl groups excluding tert-OH is 3. The van der Waals surface area contributed by atoms with Crippen LogP contribution in [-0.4, -0.2) is 119 Å². The SMILES string of the molecule is CCc1cc(O)c2c(c1)C1(Oc3c(OC4OC(C(=O)O)C5(O)C(C6CNCN6)C(Cc6cccc(O)c6)=CC4(O)C5O)cc4oc(-c5ccc(OC(CO)C(O)c6ccc(N)[nH]6)cc5)cc(=O)c4c3O)CCCC1CCC2. The average molecular weight is 1060 g/mol. The molecule has 6 aromatic rings. The molecule has 0 radical (unpaired) electrons. The van der Waals surface area contributed by atoms with Crippen LogP contribution < -0.4 is 36.0 Å². The summed E-state index contributed by atoms with van der Waals surface area (Å²) in [5.41, 5.74) is 1.93. The molecule has 0 spiro atoms. The molecule has 2 aromatic heterocycles. The van der Waals surface area contributed by atoms with Crippen molar-refractivity contribution in [2.75, 3.05) is 25.6 Å². The van der Waals surface area contributed by atoms with Crippen molar-refractivity contribution in [2.24, 2.45) is 11.8 Å². The quantitative estimate of drug-likeness (QED) is 0.0639. The number of aliphatic hydroxyl groups is 5. The van der Waals surface area contributed by atoms with E-state index >= 15 is 0 Å². The van der Waals surface area contributed by atoms with Crippen molar-refractivity contribution < 1.29 is 74.1 Å². The van der Waals surface area contributed by atoms with Crippen molar-refractivity contribution >= 4 is 22.8 Å². The number of benzene rings is 4. The molecule has 3 aliphatic carbocycles. The minimum atomic E-state index is -2.73. The van der Waals surface area contributed by atoms with Gasteiger partial charge in [-0.25, -0.2) is 4.79 Å². The third-order valence-corrected chi connectivity index (χ3v) is 16.4. The monoisotopic (exact) mass is 1060 g/mol. The van der Waals surface area contributed by atoms with Gasteiger partial charge in [-0.15, -0.1) is 0 Å². The number of aromatic nitrogens is 1. The van der Waals surface area contributed by atoms with Crippen LogP contribution in [0.5, 0.6) is 34.5 Å². The van der Waals surface area contributed by atoms with Crippen molar-refractivity contribution in [3.8, 4) is 45.8 Å². The highest BCUT2D eigenvalue weighted by molar-refractivity contribution is 5.90. The first kappa shape index (κ1) is 51.9. The first-order chi connectivity index (χ1) is 36.9. The number of rotatable bonds is 15. The number of hydrogen-bond acceptors (Lipinski definition) is 18. The lowest BCUT2D eigenvalue weighted by atomic mass is 9.59. The summed E-state index contributed by atoms with van der Waals surface area (Å²) in [6.45, 7) is 1.94. The van der Waals surface area contributed by atoms with E-state index < -0.39 is 94.7 Å². The van der Waals surface area contributed by atoms with Gasteiger partial charge in [0.2, 0.25) is 12.0 Å². The maximum atomic E-state index is 14.5. The maximum absolute atomic E-state index is 14.5. The Morgan fingerprint density at radius 2 is 1.77 bits per heavy atom. The Hall–Kier alpha value is -7.14. The van der Waals surface area contributed by atoms with Crippen molar-refractivity contribution in [1.29, 1.82) is 0 Å². The second-order valence-electron chi connectivity index (χ2n) is 21.0. The normalized spacial score (nSPS) is 28.5. The second kappa shape index (κ2) is 20.0. The number of aromatic amines is 1. The zero-order valence-corrected chi connectivity index (χ0v) is 42.0. The number of phenols is 3. The molecule has 2 aliphatic heterocycles. The lowest BCUT2D eigenvalue weighted by Crippen LogP contribution is -2.79. The zero-order chi connectivity index (χ0) is 54.1. The molecule has 0 amide bonds. The number of aliphatic carboxylic acids is 1. The molecule has 20 nitrogen and oxygen atoms in total. The fourth-order valence-corrected chi connectivity index (χ4v) is 12.7. The number of H-pyrrole nitrogens is 1. The maximum Gasteiger partial charge on any atom is 0.336 e. The number of fused-ring (bicyclic) bond motifs is 6. The number of nitrogens with two attached hydrogens (primary N) is 1. The fraction of sp³-hybridized carbons (Fsp3) is 0.404. The van der Waals surface area contributed by atoms with Gasteiger partial charge >= 0.3 is 5.97 Å². The van der Waals surface area contributed by atoms with Gasteiger partial charge in [-0.3, -0.25) is 10.1 Å². The lowest BCUT2D eigenvalue weighted by Gasteiger charge is -2.58. The van der Waals surface area contributed by atoms with E-state index in [0.29, 0.717) is 84.5 Å². The molecule has 406 valence electrons. The van der Waals surface area contributed by atoms with Crippen LogP contribution in [0.25, 0.3) is 22.3 Å². The molecule has 20 heteroatoms. The van der Waals surface area contributed by atoms with Crippen LogP contribution >= 0.6 is 0 Å². The van der Waals surface area contributed by atoms with Gasteiger partial charge in [0.05, 0.1) is 6.61 Å². The molecule has 4 heterocycles. The molecule has 11 atom stereocenters. The summed E-state index contributed by atoms with van der Waals surface area (Å²) in [7, 11) is 0. The molecule has 2 saturated heterocycles. The molecule has 14 N–H and O–H groups in total. The number of anilines is 1. The Balaban J connectivity index is 1.05. The molecule has 4 aromatic carbocycles.